The third-order valence-corrected chi connectivity index (χ3v) is 4.18. The topological polar surface area (TPSA) is 24.8 Å². The molecule has 0 saturated heterocycles. The van der Waals surface area contributed by atoms with E-state index in [0.29, 0.717) is 18.1 Å². The van der Waals surface area contributed by atoms with Gasteiger partial charge in [0.05, 0.1) is 0 Å². The number of hydrogen-bond donors (Lipinski definition) is 0. The van der Waals surface area contributed by atoms with Gasteiger partial charge in [0, 0.05) is 12.3 Å². The van der Waals surface area contributed by atoms with Crippen molar-refractivity contribution in [1.82, 2.24) is 4.90 Å². The van der Waals surface area contributed by atoms with E-state index in [-0.39, 0.29) is 0 Å². The fraction of sp³-hybridized carbons (Fsp3) is 0.588. The highest BCUT2D eigenvalue weighted by molar-refractivity contribution is 5.52. The molecule has 110 valence electrons. The summed E-state index contributed by atoms with van der Waals surface area (Å²) in [6.07, 6.45) is 6.67. The molecule has 1 aliphatic rings. The highest BCUT2D eigenvalue weighted by atomic mass is 16.6. The van der Waals surface area contributed by atoms with Crippen LogP contribution < -0.4 is 0 Å². The zero-order valence-electron chi connectivity index (χ0n) is 12.8. The second-order valence-corrected chi connectivity index (χ2v) is 5.82. The van der Waals surface area contributed by atoms with E-state index in [1.54, 1.807) is 6.21 Å². The van der Waals surface area contributed by atoms with Crippen molar-refractivity contribution in [2.24, 2.45) is 11.1 Å². The third-order valence-electron chi connectivity index (χ3n) is 4.18. The lowest BCUT2D eigenvalue weighted by Gasteiger charge is -2.36. The first-order chi connectivity index (χ1) is 9.72. The molecule has 0 aliphatic heterocycles. The van der Waals surface area contributed by atoms with Gasteiger partial charge in [-0.2, -0.15) is 0 Å². The second-order valence-electron chi connectivity index (χ2n) is 5.82. The molecule has 0 amide bonds. The van der Waals surface area contributed by atoms with E-state index in [0.717, 1.165) is 12.8 Å². The Morgan fingerprint density at radius 1 is 1.15 bits per heavy atom. The molecule has 2 rings (SSSR count). The van der Waals surface area contributed by atoms with Crippen LogP contribution in [0.15, 0.2) is 35.5 Å². The molecule has 3 nitrogen and oxygen atoms in total. The van der Waals surface area contributed by atoms with E-state index in [1.165, 1.54) is 18.4 Å². The molecule has 1 atom stereocenters. The lowest BCUT2D eigenvalue weighted by molar-refractivity contribution is 0.0114. The molecule has 1 aliphatic carbocycles. The average molecular weight is 274 g/mol. The normalized spacial score (nSPS) is 25.0. The highest BCUT2D eigenvalue weighted by Crippen LogP contribution is 2.38. The fourth-order valence-electron chi connectivity index (χ4n) is 3.30. The molecule has 1 saturated carbocycles. The first kappa shape index (κ1) is 15.0. The van der Waals surface area contributed by atoms with Crippen LogP contribution in [0.25, 0.3) is 0 Å². The molecule has 1 aromatic carbocycles. The van der Waals surface area contributed by atoms with Crippen molar-refractivity contribution in [1.29, 1.82) is 0 Å². The number of hydrogen-bond acceptors (Lipinski definition) is 3. The Bertz CT molecular complexity index is 408. The quantitative estimate of drug-likeness (QED) is 0.601. The predicted octanol–water partition coefficient (Wildman–Crippen LogP) is 3.87. The third kappa shape index (κ3) is 3.83. The number of rotatable bonds is 5. The Morgan fingerprint density at radius 2 is 1.80 bits per heavy atom. The van der Waals surface area contributed by atoms with Crippen molar-refractivity contribution in [3.63, 3.8) is 0 Å². The van der Waals surface area contributed by atoms with Gasteiger partial charge in [0.25, 0.3) is 0 Å². The summed E-state index contributed by atoms with van der Waals surface area (Å²) in [6.45, 7) is 1.89. The lowest BCUT2D eigenvalue weighted by Crippen LogP contribution is -2.31. The minimum atomic E-state index is 0.307. The summed E-state index contributed by atoms with van der Waals surface area (Å²) in [5, 5.41) is 3.92. The summed E-state index contributed by atoms with van der Waals surface area (Å²) in [6, 6.07) is 11.4. The van der Waals surface area contributed by atoms with Crippen LogP contribution in [-0.4, -0.2) is 31.3 Å². The fourth-order valence-corrected chi connectivity index (χ4v) is 3.30. The van der Waals surface area contributed by atoms with Gasteiger partial charge < -0.3 is 9.74 Å². The molecular weight excluding hydrogens is 248 g/mol. The predicted molar refractivity (Wildman–Crippen MR) is 83.9 cm³/mol. The van der Waals surface area contributed by atoms with E-state index in [9.17, 15) is 0 Å². The molecule has 1 fully saturated rings. The lowest BCUT2D eigenvalue weighted by atomic mass is 9.79. The van der Waals surface area contributed by atoms with Crippen molar-refractivity contribution in [3.05, 3.63) is 35.9 Å². The monoisotopic (exact) mass is 274 g/mol. The van der Waals surface area contributed by atoms with E-state index in [1.807, 2.05) is 6.92 Å². The maximum Gasteiger partial charge on any atom is 0.127 e. The summed E-state index contributed by atoms with van der Waals surface area (Å²) in [7, 11) is 4.36. The van der Waals surface area contributed by atoms with E-state index >= 15 is 0 Å². The molecular formula is C17H26N2O. The number of oxime groups is 1. The molecule has 0 spiro atoms. The zero-order chi connectivity index (χ0) is 14.4. The smallest absolute Gasteiger partial charge is 0.127 e. The minimum Gasteiger partial charge on any atom is -0.393 e. The second kappa shape index (κ2) is 7.44. The van der Waals surface area contributed by atoms with Crippen LogP contribution >= 0.6 is 0 Å². The maximum absolute atomic E-state index is 5.48. The van der Waals surface area contributed by atoms with Crippen molar-refractivity contribution < 1.29 is 4.84 Å². The van der Waals surface area contributed by atoms with Gasteiger partial charge >= 0.3 is 0 Å². The first-order valence-corrected chi connectivity index (χ1v) is 7.57. The van der Waals surface area contributed by atoms with Crippen molar-refractivity contribution >= 4 is 6.21 Å². The Morgan fingerprint density at radius 3 is 2.35 bits per heavy atom. The molecule has 0 heterocycles. The summed E-state index contributed by atoms with van der Waals surface area (Å²) < 4.78 is 0. The average Bonchev–Trinajstić information content (AvgIpc) is 2.47. The summed E-state index contributed by atoms with van der Waals surface area (Å²) in [4.78, 5) is 7.83. The number of benzene rings is 1. The van der Waals surface area contributed by atoms with Gasteiger partial charge in [-0.1, -0.05) is 35.5 Å². The summed E-state index contributed by atoms with van der Waals surface area (Å²) in [5.74, 6) is 0.706. The molecule has 0 radical (unpaired) electrons. The van der Waals surface area contributed by atoms with Gasteiger partial charge in [-0.3, -0.25) is 0 Å². The van der Waals surface area contributed by atoms with Gasteiger partial charge in [-0.15, -0.1) is 0 Å². The van der Waals surface area contributed by atoms with Crippen LogP contribution in [0.5, 0.6) is 0 Å². The van der Waals surface area contributed by atoms with Crippen LogP contribution in [0.4, 0.5) is 0 Å². The maximum atomic E-state index is 5.48. The van der Waals surface area contributed by atoms with E-state index in [2.05, 4.69) is 54.5 Å². The Kier molecular flexibility index (Phi) is 5.60. The molecule has 0 N–H and O–H groups in total. The van der Waals surface area contributed by atoms with Crippen LogP contribution in [0.2, 0.25) is 0 Å². The van der Waals surface area contributed by atoms with Crippen LogP contribution in [0, 0.1) is 5.92 Å². The minimum absolute atomic E-state index is 0.307. The molecule has 0 aromatic heterocycles. The summed E-state index contributed by atoms with van der Waals surface area (Å²) >= 11 is 0. The molecule has 1 aromatic rings. The first-order valence-electron chi connectivity index (χ1n) is 7.57. The summed E-state index contributed by atoms with van der Waals surface area (Å²) in [5.41, 5.74) is 1.42. The van der Waals surface area contributed by atoms with Crippen molar-refractivity contribution in [2.75, 3.05) is 14.1 Å². The van der Waals surface area contributed by atoms with Crippen molar-refractivity contribution in [3.8, 4) is 0 Å². The molecule has 1 unspecified atom stereocenters. The highest BCUT2D eigenvalue weighted by Gasteiger charge is 2.30. The van der Waals surface area contributed by atoms with Crippen LogP contribution in [-0.2, 0) is 4.84 Å². The largest absolute Gasteiger partial charge is 0.393 e. The number of nitrogens with zero attached hydrogens (tertiary/aromatic N) is 2. The van der Waals surface area contributed by atoms with Gasteiger partial charge in [0.2, 0.25) is 0 Å². The van der Waals surface area contributed by atoms with Crippen molar-refractivity contribution in [2.45, 2.75) is 44.8 Å². The molecule has 0 bridgehead atoms. The van der Waals surface area contributed by atoms with Crippen LogP contribution in [0.3, 0.4) is 0 Å². The van der Waals surface area contributed by atoms with Gasteiger partial charge in [-0.05, 0) is 58.2 Å². The van der Waals surface area contributed by atoms with E-state index < -0.39 is 0 Å². The van der Waals surface area contributed by atoms with Crippen LogP contribution in [0.1, 0.15) is 44.2 Å². The van der Waals surface area contributed by atoms with Gasteiger partial charge in [0.15, 0.2) is 0 Å². The Labute approximate surface area is 122 Å². The molecule has 3 heteroatoms. The standard InChI is InChI=1S/C17H26N2O/c1-4-18-20-16-12-10-15(11-13-16)17(19(2)3)14-8-6-5-7-9-14/h4-9,15-17H,10-13H2,1-3H3. The van der Waals surface area contributed by atoms with Gasteiger partial charge in [0.1, 0.15) is 6.10 Å². The zero-order valence-corrected chi connectivity index (χ0v) is 12.8. The Balaban J connectivity index is 1.99. The Hall–Kier alpha value is -1.35. The van der Waals surface area contributed by atoms with E-state index in [4.69, 9.17) is 4.84 Å². The van der Waals surface area contributed by atoms with Gasteiger partial charge in [-0.25, -0.2) is 0 Å². The SMILES string of the molecule is CC=NOC1CCC(C(c2ccccc2)N(C)C)CC1. The molecule has 20 heavy (non-hydrogen) atoms.